The molecule has 0 fully saturated rings. The minimum Gasteiger partial charge on any atom is -0.480 e. The number of amides is 1. The number of fused-ring (bicyclic) bond motifs is 1. The second-order valence-corrected chi connectivity index (χ2v) is 4.95. The van der Waals surface area contributed by atoms with E-state index < -0.39 is 6.10 Å². The van der Waals surface area contributed by atoms with Gasteiger partial charge in [0.2, 0.25) is 0 Å². The van der Waals surface area contributed by atoms with E-state index in [2.05, 4.69) is 5.32 Å². The van der Waals surface area contributed by atoms with Crippen molar-refractivity contribution in [2.24, 2.45) is 0 Å². The summed E-state index contributed by atoms with van der Waals surface area (Å²) in [4.78, 5) is 12.3. The fourth-order valence-corrected chi connectivity index (χ4v) is 2.39. The zero-order chi connectivity index (χ0) is 14.1. The van der Waals surface area contributed by atoms with Gasteiger partial charge in [0.05, 0.1) is 11.4 Å². The molecule has 0 saturated heterocycles. The molecular formula is C16H16N2O2. The summed E-state index contributed by atoms with van der Waals surface area (Å²) in [5.41, 5.74) is 9.12. The first-order chi connectivity index (χ1) is 9.65. The Morgan fingerprint density at radius 2 is 2.05 bits per heavy atom. The second kappa shape index (κ2) is 4.89. The van der Waals surface area contributed by atoms with Crippen LogP contribution in [-0.4, -0.2) is 12.0 Å². The molecule has 3 rings (SSSR count). The first-order valence-corrected chi connectivity index (χ1v) is 6.55. The molecule has 2 aromatic carbocycles. The number of nitrogens with two attached hydrogens (primary N) is 1. The summed E-state index contributed by atoms with van der Waals surface area (Å²) in [5.74, 6) is 0.618. The van der Waals surface area contributed by atoms with Crippen LogP contribution in [0.3, 0.4) is 0 Å². The lowest BCUT2D eigenvalue weighted by atomic mass is 10.1. The van der Waals surface area contributed by atoms with E-state index in [1.807, 2.05) is 43.3 Å². The number of aryl methyl sites for hydroxylation is 1. The van der Waals surface area contributed by atoms with Gasteiger partial charge in [0.15, 0.2) is 6.10 Å². The molecule has 1 atom stereocenters. The van der Waals surface area contributed by atoms with Gasteiger partial charge < -0.3 is 15.8 Å². The van der Waals surface area contributed by atoms with Crippen LogP contribution in [0.25, 0.3) is 0 Å². The first-order valence-electron chi connectivity index (χ1n) is 6.55. The van der Waals surface area contributed by atoms with Gasteiger partial charge in [-0.25, -0.2) is 0 Å². The standard InChI is InChI=1S/C16H16N2O2/c1-10-5-4-7-12(17)15(10)18-16(19)14-9-11-6-2-3-8-13(11)20-14/h2-8,14H,9,17H2,1H3,(H,18,19). The van der Waals surface area contributed by atoms with Crippen LogP contribution in [0.2, 0.25) is 0 Å². The minimum atomic E-state index is -0.494. The number of anilines is 2. The van der Waals surface area contributed by atoms with Gasteiger partial charge in [0, 0.05) is 6.42 Å². The number of carbonyl (C=O) groups excluding carboxylic acids is 1. The van der Waals surface area contributed by atoms with Gasteiger partial charge in [-0.1, -0.05) is 30.3 Å². The Labute approximate surface area is 117 Å². The molecule has 0 aliphatic carbocycles. The predicted molar refractivity (Wildman–Crippen MR) is 78.8 cm³/mol. The van der Waals surface area contributed by atoms with E-state index in [0.29, 0.717) is 17.8 Å². The molecule has 1 heterocycles. The number of nitrogen functional groups attached to an aromatic ring is 1. The maximum absolute atomic E-state index is 12.3. The van der Waals surface area contributed by atoms with Crippen molar-refractivity contribution < 1.29 is 9.53 Å². The van der Waals surface area contributed by atoms with E-state index in [4.69, 9.17) is 10.5 Å². The second-order valence-electron chi connectivity index (χ2n) is 4.95. The summed E-state index contributed by atoms with van der Waals surface area (Å²) in [5, 5.41) is 2.87. The van der Waals surface area contributed by atoms with Crippen LogP contribution in [0.15, 0.2) is 42.5 Å². The number of carbonyl (C=O) groups is 1. The Morgan fingerprint density at radius 1 is 1.25 bits per heavy atom. The molecule has 4 heteroatoms. The van der Waals surface area contributed by atoms with Crippen molar-refractivity contribution in [1.29, 1.82) is 0 Å². The Morgan fingerprint density at radius 3 is 2.80 bits per heavy atom. The number of nitrogens with one attached hydrogen (secondary N) is 1. The van der Waals surface area contributed by atoms with E-state index in [1.165, 1.54) is 0 Å². The molecule has 1 aliphatic heterocycles. The highest BCUT2D eigenvalue weighted by Gasteiger charge is 2.29. The highest BCUT2D eigenvalue weighted by molar-refractivity contribution is 5.98. The van der Waals surface area contributed by atoms with Crippen molar-refractivity contribution in [2.75, 3.05) is 11.1 Å². The highest BCUT2D eigenvalue weighted by Crippen LogP contribution is 2.29. The third-order valence-corrected chi connectivity index (χ3v) is 3.49. The molecule has 102 valence electrons. The molecule has 0 radical (unpaired) electrons. The molecule has 0 bridgehead atoms. The Balaban J connectivity index is 1.76. The number of benzene rings is 2. The van der Waals surface area contributed by atoms with Crippen LogP contribution < -0.4 is 15.8 Å². The monoisotopic (exact) mass is 268 g/mol. The zero-order valence-corrected chi connectivity index (χ0v) is 11.2. The van der Waals surface area contributed by atoms with Crippen molar-refractivity contribution in [3.8, 4) is 5.75 Å². The zero-order valence-electron chi connectivity index (χ0n) is 11.2. The van der Waals surface area contributed by atoms with Crippen LogP contribution in [0.4, 0.5) is 11.4 Å². The number of para-hydroxylation sites is 2. The van der Waals surface area contributed by atoms with E-state index in [1.54, 1.807) is 6.07 Å². The highest BCUT2D eigenvalue weighted by atomic mass is 16.5. The number of rotatable bonds is 2. The van der Waals surface area contributed by atoms with Crippen molar-refractivity contribution in [3.05, 3.63) is 53.6 Å². The summed E-state index contributed by atoms with van der Waals surface area (Å²) in [6, 6.07) is 13.3. The van der Waals surface area contributed by atoms with E-state index >= 15 is 0 Å². The van der Waals surface area contributed by atoms with Gasteiger partial charge in [-0.2, -0.15) is 0 Å². The molecule has 20 heavy (non-hydrogen) atoms. The van der Waals surface area contributed by atoms with E-state index in [-0.39, 0.29) is 5.91 Å². The number of hydrogen-bond donors (Lipinski definition) is 2. The number of hydrogen-bond acceptors (Lipinski definition) is 3. The van der Waals surface area contributed by atoms with E-state index in [9.17, 15) is 4.79 Å². The van der Waals surface area contributed by atoms with Gasteiger partial charge in [-0.05, 0) is 30.2 Å². The fraction of sp³-hybridized carbons (Fsp3) is 0.188. The SMILES string of the molecule is Cc1cccc(N)c1NC(=O)C1Cc2ccccc2O1. The van der Waals surface area contributed by atoms with Gasteiger partial charge >= 0.3 is 0 Å². The molecule has 3 N–H and O–H groups in total. The van der Waals surface area contributed by atoms with Gasteiger partial charge in [-0.3, -0.25) is 4.79 Å². The summed E-state index contributed by atoms with van der Waals surface area (Å²) in [6.45, 7) is 1.91. The topological polar surface area (TPSA) is 64.3 Å². The summed E-state index contributed by atoms with van der Waals surface area (Å²) in [7, 11) is 0. The summed E-state index contributed by atoms with van der Waals surface area (Å²) >= 11 is 0. The third kappa shape index (κ3) is 2.20. The van der Waals surface area contributed by atoms with Crippen molar-refractivity contribution in [3.63, 3.8) is 0 Å². The van der Waals surface area contributed by atoms with Crippen LogP contribution >= 0.6 is 0 Å². The van der Waals surface area contributed by atoms with Crippen molar-refractivity contribution in [1.82, 2.24) is 0 Å². The molecule has 1 unspecified atom stereocenters. The van der Waals surface area contributed by atoms with Crippen LogP contribution in [0, 0.1) is 6.92 Å². The lowest BCUT2D eigenvalue weighted by Gasteiger charge is -2.14. The van der Waals surface area contributed by atoms with Crippen molar-refractivity contribution in [2.45, 2.75) is 19.4 Å². The molecule has 0 spiro atoms. The van der Waals surface area contributed by atoms with Crippen LogP contribution in [-0.2, 0) is 11.2 Å². The lowest BCUT2D eigenvalue weighted by Crippen LogP contribution is -2.32. The molecule has 4 nitrogen and oxygen atoms in total. The van der Waals surface area contributed by atoms with Crippen LogP contribution in [0.5, 0.6) is 5.75 Å². The molecule has 1 amide bonds. The molecular weight excluding hydrogens is 252 g/mol. The normalized spacial score (nSPS) is 16.4. The van der Waals surface area contributed by atoms with Gasteiger partial charge in [-0.15, -0.1) is 0 Å². The first kappa shape index (κ1) is 12.5. The fourth-order valence-electron chi connectivity index (χ4n) is 2.39. The largest absolute Gasteiger partial charge is 0.480 e. The lowest BCUT2D eigenvalue weighted by molar-refractivity contribution is -0.122. The van der Waals surface area contributed by atoms with Gasteiger partial charge in [0.1, 0.15) is 5.75 Å². The van der Waals surface area contributed by atoms with E-state index in [0.717, 1.165) is 16.9 Å². The maximum atomic E-state index is 12.3. The molecule has 0 saturated carbocycles. The Bertz CT molecular complexity index is 622. The Hall–Kier alpha value is -2.49. The van der Waals surface area contributed by atoms with Crippen LogP contribution in [0.1, 0.15) is 11.1 Å². The van der Waals surface area contributed by atoms with Crippen molar-refractivity contribution >= 4 is 17.3 Å². The Kier molecular flexibility index (Phi) is 3.06. The summed E-state index contributed by atoms with van der Waals surface area (Å²) < 4.78 is 5.67. The molecule has 1 aliphatic rings. The molecule has 2 aromatic rings. The molecule has 0 aromatic heterocycles. The minimum absolute atomic E-state index is 0.165. The quantitative estimate of drug-likeness (QED) is 0.823. The average Bonchev–Trinajstić information content (AvgIpc) is 2.87. The third-order valence-electron chi connectivity index (χ3n) is 3.49. The summed E-state index contributed by atoms with van der Waals surface area (Å²) in [6.07, 6.45) is 0.0970. The smallest absolute Gasteiger partial charge is 0.265 e. The maximum Gasteiger partial charge on any atom is 0.265 e. The number of ether oxygens (including phenoxy) is 1. The van der Waals surface area contributed by atoms with Gasteiger partial charge in [0.25, 0.3) is 5.91 Å². The average molecular weight is 268 g/mol. The predicted octanol–water partition coefficient (Wildman–Crippen LogP) is 2.52.